The number of halogens is 1. The Morgan fingerprint density at radius 2 is 1.73 bits per heavy atom. The third-order valence-electron chi connectivity index (χ3n) is 3.71. The number of rotatable bonds is 7. The fourth-order valence-corrected chi connectivity index (χ4v) is 2.45. The molecule has 1 atom stereocenters. The molecule has 0 aliphatic rings. The Bertz CT molecular complexity index is 720. The van der Waals surface area contributed by atoms with E-state index in [1.165, 1.54) is 0 Å². The zero-order valence-corrected chi connectivity index (χ0v) is 15.9. The highest BCUT2D eigenvalue weighted by molar-refractivity contribution is 5.90. The van der Waals surface area contributed by atoms with Crippen molar-refractivity contribution in [2.45, 2.75) is 32.9 Å². The van der Waals surface area contributed by atoms with E-state index in [0.717, 1.165) is 16.8 Å². The third kappa shape index (κ3) is 6.86. The number of amides is 2. The van der Waals surface area contributed by atoms with Crippen molar-refractivity contribution in [3.63, 3.8) is 0 Å². The van der Waals surface area contributed by atoms with E-state index in [4.69, 9.17) is 5.73 Å². The van der Waals surface area contributed by atoms with Gasteiger partial charge in [-0.3, -0.25) is 9.59 Å². The minimum absolute atomic E-state index is 0. The van der Waals surface area contributed by atoms with Crippen LogP contribution in [0.2, 0.25) is 0 Å². The maximum Gasteiger partial charge on any atom is 0.241 e. The summed E-state index contributed by atoms with van der Waals surface area (Å²) < 4.78 is 0. The van der Waals surface area contributed by atoms with Gasteiger partial charge in [-0.15, -0.1) is 12.4 Å². The van der Waals surface area contributed by atoms with Crippen LogP contribution >= 0.6 is 12.4 Å². The first-order chi connectivity index (χ1) is 12.0. The highest BCUT2D eigenvalue weighted by Crippen LogP contribution is 2.13. The summed E-state index contributed by atoms with van der Waals surface area (Å²) in [7, 11) is 0. The van der Waals surface area contributed by atoms with E-state index in [1.54, 1.807) is 0 Å². The van der Waals surface area contributed by atoms with E-state index >= 15 is 0 Å². The predicted octanol–water partition coefficient (Wildman–Crippen LogP) is 3.41. The Morgan fingerprint density at radius 3 is 2.38 bits per heavy atom. The van der Waals surface area contributed by atoms with E-state index in [0.29, 0.717) is 18.9 Å². The molecule has 26 heavy (non-hydrogen) atoms. The smallest absolute Gasteiger partial charge is 0.241 e. The Labute approximate surface area is 160 Å². The van der Waals surface area contributed by atoms with E-state index in [-0.39, 0.29) is 24.2 Å². The first-order valence-corrected chi connectivity index (χ1v) is 8.42. The normalized spacial score (nSPS) is 11.4. The molecule has 2 amide bonds. The van der Waals surface area contributed by atoms with Crippen molar-refractivity contribution in [3.8, 4) is 0 Å². The fraction of sp³-hybridized carbons (Fsp3) is 0.300. The van der Waals surface area contributed by atoms with Crippen LogP contribution in [-0.4, -0.2) is 11.8 Å². The molecule has 0 radical (unpaired) electrons. The molecule has 0 aromatic heterocycles. The molecule has 2 aromatic carbocycles. The van der Waals surface area contributed by atoms with Gasteiger partial charge in [-0.05, 0) is 29.2 Å². The van der Waals surface area contributed by atoms with Gasteiger partial charge >= 0.3 is 0 Å². The molecular weight excluding hydrogens is 350 g/mol. The molecule has 4 N–H and O–H groups in total. The minimum atomic E-state index is -0.699. The molecule has 0 bridgehead atoms. The summed E-state index contributed by atoms with van der Waals surface area (Å²) in [5.74, 6) is 0.0599. The molecule has 140 valence electrons. The van der Waals surface area contributed by atoms with Gasteiger partial charge in [0.2, 0.25) is 11.8 Å². The second-order valence-electron chi connectivity index (χ2n) is 6.45. The van der Waals surface area contributed by atoms with Crippen molar-refractivity contribution in [2.24, 2.45) is 11.7 Å². The number of anilines is 1. The quantitative estimate of drug-likeness (QED) is 0.693. The molecule has 0 heterocycles. The lowest BCUT2D eigenvalue weighted by atomic mass is 10.1. The average Bonchev–Trinajstić information content (AvgIpc) is 2.59. The maximum absolute atomic E-state index is 12.2. The van der Waals surface area contributed by atoms with Crippen LogP contribution in [0.15, 0.2) is 54.6 Å². The minimum Gasteiger partial charge on any atom is -0.350 e. The van der Waals surface area contributed by atoms with E-state index in [2.05, 4.69) is 10.6 Å². The maximum atomic E-state index is 12.2. The van der Waals surface area contributed by atoms with Gasteiger partial charge in [-0.1, -0.05) is 56.3 Å². The number of benzene rings is 2. The zero-order chi connectivity index (χ0) is 18.2. The third-order valence-corrected chi connectivity index (χ3v) is 3.71. The lowest BCUT2D eigenvalue weighted by molar-refractivity contribution is -0.122. The lowest BCUT2D eigenvalue weighted by Crippen LogP contribution is -2.33. The molecule has 5 nitrogen and oxygen atoms in total. The van der Waals surface area contributed by atoms with Gasteiger partial charge in [0.1, 0.15) is 6.04 Å². The van der Waals surface area contributed by atoms with Crippen molar-refractivity contribution in [1.82, 2.24) is 5.32 Å². The molecule has 2 rings (SSSR count). The summed E-state index contributed by atoms with van der Waals surface area (Å²) in [4.78, 5) is 24.0. The van der Waals surface area contributed by atoms with Crippen LogP contribution in [0.3, 0.4) is 0 Å². The van der Waals surface area contributed by atoms with E-state index < -0.39 is 6.04 Å². The Kier molecular flexibility index (Phi) is 8.82. The largest absolute Gasteiger partial charge is 0.350 e. The number of carbonyl (C=O) groups is 2. The van der Waals surface area contributed by atoms with E-state index in [1.807, 2.05) is 68.4 Å². The first-order valence-electron chi connectivity index (χ1n) is 8.42. The van der Waals surface area contributed by atoms with Crippen LogP contribution in [-0.2, 0) is 16.1 Å². The second kappa shape index (κ2) is 10.6. The Morgan fingerprint density at radius 1 is 1.04 bits per heavy atom. The summed E-state index contributed by atoms with van der Waals surface area (Å²) >= 11 is 0. The van der Waals surface area contributed by atoms with Gasteiger partial charge < -0.3 is 16.4 Å². The Hall–Kier alpha value is -2.37. The van der Waals surface area contributed by atoms with Crippen molar-refractivity contribution >= 4 is 29.9 Å². The predicted molar refractivity (Wildman–Crippen MR) is 107 cm³/mol. The van der Waals surface area contributed by atoms with Gasteiger partial charge in [-0.2, -0.15) is 0 Å². The number of hydrogen-bond donors (Lipinski definition) is 3. The summed E-state index contributed by atoms with van der Waals surface area (Å²) in [5.41, 5.74) is 8.37. The number of carbonyl (C=O) groups excluding carboxylic acids is 2. The van der Waals surface area contributed by atoms with Crippen LogP contribution in [0, 0.1) is 5.92 Å². The fourth-order valence-electron chi connectivity index (χ4n) is 2.45. The topological polar surface area (TPSA) is 84.2 Å². The summed E-state index contributed by atoms with van der Waals surface area (Å²) in [6.45, 7) is 4.36. The standard InChI is InChI=1S/C20H25N3O2.ClH/c1-14(2)11-18(24)23-17-10-6-7-15(12-17)13-22-20(25)19(21)16-8-4-3-5-9-16;/h3-10,12,14,19H,11,13,21H2,1-2H3,(H,22,25)(H,23,24);1H. The monoisotopic (exact) mass is 375 g/mol. The van der Waals surface area contributed by atoms with Crippen molar-refractivity contribution in [1.29, 1.82) is 0 Å². The molecule has 1 unspecified atom stereocenters. The zero-order valence-electron chi connectivity index (χ0n) is 15.1. The van der Waals surface area contributed by atoms with Crippen LogP contribution in [0.1, 0.15) is 37.4 Å². The van der Waals surface area contributed by atoms with Gasteiger partial charge in [0.25, 0.3) is 0 Å². The lowest BCUT2D eigenvalue weighted by Gasteiger charge is -2.13. The summed E-state index contributed by atoms with van der Waals surface area (Å²) in [5, 5.41) is 5.71. The molecule has 0 aliphatic heterocycles. The highest BCUT2D eigenvalue weighted by Gasteiger charge is 2.14. The van der Waals surface area contributed by atoms with Crippen LogP contribution in [0.4, 0.5) is 5.69 Å². The molecule has 6 heteroatoms. The summed E-state index contributed by atoms with van der Waals surface area (Å²) in [6.07, 6.45) is 0.479. The van der Waals surface area contributed by atoms with Gasteiger partial charge in [0.05, 0.1) is 0 Å². The molecule has 0 fully saturated rings. The molecule has 0 aliphatic carbocycles. The first kappa shape index (κ1) is 21.7. The molecule has 2 aromatic rings. The van der Waals surface area contributed by atoms with Gasteiger partial charge in [0.15, 0.2) is 0 Å². The molecule has 0 saturated carbocycles. The SMILES string of the molecule is CC(C)CC(=O)Nc1cccc(CNC(=O)C(N)c2ccccc2)c1.Cl. The number of hydrogen-bond acceptors (Lipinski definition) is 3. The molecule has 0 spiro atoms. The Balaban J connectivity index is 0.00000338. The van der Waals surface area contributed by atoms with E-state index in [9.17, 15) is 9.59 Å². The van der Waals surface area contributed by atoms with Crippen LogP contribution < -0.4 is 16.4 Å². The van der Waals surface area contributed by atoms with Crippen molar-refractivity contribution < 1.29 is 9.59 Å². The average molecular weight is 376 g/mol. The van der Waals surface area contributed by atoms with Crippen molar-refractivity contribution in [3.05, 3.63) is 65.7 Å². The summed E-state index contributed by atoms with van der Waals surface area (Å²) in [6, 6.07) is 16.0. The van der Waals surface area contributed by atoms with Crippen LogP contribution in [0.5, 0.6) is 0 Å². The molecule has 0 saturated heterocycles. The number of nitrogens with one attached hydrogen (secondary N) is 2. The number of nitrogens with two attached hydrogens (primary N) is 1. The second-order valence-corrected chi connectivity index (χ2v) is 6.45. The van der Waals surface area contributed by atoms with Crippen molar-refractivity contribution in [2.75, 3.05) is 5.32 Å². The van der Waals surface area contributed by atoms with Gasteiger partial charge in [-0.25, -0.2) is 0 Å². The van der Waals surface area contributed by atoms with Gasteiger partial charge in [0, 0.05) is 18.7 Å². The van der Waals surface area contributed by atoms with Crippen LogP contribution in [0.25, 0.3) is 0 Å². The molecular formula is C20H26ClN3O2. The highest BCUT2D eigenvalue weighted by atomic mass is 35.5.